The largest absolute Gasteiger partial charge is 0.481 e. The van der Waals surface area contributed by atoms with Crippen molar-refractivity contribution in [1.82, 2.24) is 10.2 Å². The van der Waals surface area contributed by atoms with Gasteiger partial charge in [0.25, 0.3) is 0 Å². The van der Waals surface area contributed by atoms with Crippen LogP contribution in [-0.2, 0) is 14.3 Å². The molecule has 120 valence electrons. The molecule has 0 spiro atoms. The predicted molar refractivity (Wildman–Crippen MR) is 75.1 cm³/mol. The number of hydrogen-bond donors (Lipinski definition) is 2. The second-order valence-electron chi connectivity index (χ2n) is 5.94. The molecule has 0 aromatic heterocycles. The van der Waals surface area contributed by atoms with Crippen LogP contribution in [0.1, 0.15) is 26.7 Å². The van der Waals surface area contributed by atoms with Gasteiger partial charge in [0.15, 0.2) is 0 Å². The van der Waals surface area contributed by atoms with Crippen molar-refractivity contribution in [2.24, 2.45) is 5.92 Å². The number of rotatable bonds is 4. The van der Waals surface area contributed by atoms with Crippen LogP contribution in [0.2, 0.25) is 0 Å². The molecule has 2 fully saturated rings. The molecule has 2 saturated heterocycles. The zero-order valence-electron chi connectivity index (χ0n) is 12.6. The minimum Gasteiger partial charge on any atom is -0.481 e. The van der Waals surface area contributed by atoms with E-state index >= 15 is 0 Å². The van der Waals surface area contributed by atoms with Gasteiger partial charge in [0, 0.05) is 25.3 Å². The molecule has 0 bridgehead atoms. The molecule has 0 aromatic rings. The number of amides is 2. The molecule has 2 unspecified atom stereocenters. The smallest absolute Gasteiger partial charge is 0.318 e. The van der Waals surface area contributed by atoms with Crippen LogP contribution in [-0.4, -0.2) is 66.6 Å². The molecule has 0 radical (unpaired) electrons. The molecule has 2 aliphatic heterocycles. The van der Waals surface area contributed by atoms with Crippen LogP contribution in [0.4, 0.5) is 4.79 Å². The van der Waals surface area contributed by atoms with E-state index in [0.717, 1.165) is 12.8 Å². The van der Waals surface area contributed by atoms with Gasteiger partial charge in [-0.2, -0.15) is 0 Å². The lowest BCUT2D eigenvalue weighted by atomic mass is 9.92. The number of nitrogens with zero attached hydrogens (tertiary/aromatic N) is 1. The van der Waals surface area contributed by atoms with Crippen molar-refractivity contribution in [3.05, 3.63) is 0 Å². The molecular weight excluding hydrogens is 276 g/mol. The van der Waals surface area contributed by atoms with E-state index in [-0.39, 0.29) is 24.8 Å². The highest BCUT2D eigenvalue weighted by Gasteiger charge is 2.41. The average molecular weight is 300 g/mol. The molecule has 2 rings (SSSR count). The van der Waals surface area contributed by atoms with Crippen LogP contribution >= 0.6 is 0 Å². The predicted octanol–water partition coefficient (Wildman–Crippen LogP) is 0.687. The van der Waals surface area contributed by atoms with Crippen LogP contribution in [0.15, 0.2) is 0 Å². The number of ether oxygens (including phenoxy) is 2. The average Bonchev–Trinajstić information content (AvgIpc) is 2.89. The van der Waals surface area contributed by atoms with Crippen LogP contribution in [0.25, 0.3) is 0 Å². The summed E-state index contributed by atoms with van der Waals surface area (Å²) >= 11 is 0. The van der Waals surface area contributed by atoms with Gasteiger partial charge in [-0.3, -0.25) is 4.79 Å². The molecule has 21 heavy (non-hydrogen) atoms. The van der Waals surface area contributed by atoms with Gasteiger partial charge in [-0.15, -0.1) is 0 Å². The van der Waals surface area contributed by atoms with Crippen molar-refractivity contribution in [1.29, 1.82) is 0 Å². The number of hydrogen-bond acceptors (Lipinski definition) is 4. The molecule has 0 saturated carbocycles. The Morgan fingerprint density at radius 3 is 2.52 bits per heavy atom. The Bertz CT molecular complexity index is 395. The van der Waals surface area contributed by atoms with Gasteiger partial charge in [0.05, 0.1) is 19.3 Å². The fraction of sp³-hybridized carbons (Fsp3) is 0.857. The maximum Gasteiger partial charge on any atom is 0.318 e. The second kappa shape index (κ2) is 6.62. The van der Waals surface area contributed by atoms with Crippen LogP contribution in [0, 0.1) is 5.92 Å². The quantitative estimate of drug-likeness (QED) is 0.797. The number of carbonyl (C=O) groups excluding carboxylic acids is 1. The van der Waals surface area contributed by atoms with E-state index in [2.05, 4.69) is 5.32 Å². The minimum atomic E-state index is -0.916. The maximum atomic E-state index is 12.5. The lowest BCUT2D eigenvalue weighted by Crippen LogP contribution is -2.57. The van der Waals surface area contributed by atoms with E-state index in [1.54, 1.807) is 4.90 Å². The first-order chi connectivity index (χ1) is 9.97. The number of carboxylic acids is 1. The van der Waals surface area contributed by atoms with E-state index in [1.807, 2.05) is 13.8 Å². The lowest BCUT2D eigenvalue weighted by Gasteiger charge is -2.38. The number of aliphatic carboxylic acids is 1. The van der Waals surface area contributed by atoms with Crippen molar-refractivity contribution in [2.45, 2.75) is 38.3 Å². The number of urea groups is 1. The van der Waals surface area contributed by atoms with Crippen molar-refractivity contribution in [2.75, 3.05) is 33.0 Å². The maximum absolute atomic E-state index is 12.5. The molecule has 2 heterocycles. The van der Waals surface area contributed by atoms with Crippen molar-refractivity contribution >= 4 is 12.0 Å². The summed E-state index contributed by atoms with van der Waals surface area (Å²) in [5.41, 5.74) is -0.291. The molecule has 0 aromatic carbocycles. The van der Waals surface area contributed by atoms with E-state index in [1.165, 1.54) is 0 Å². The number of likely N-dealkylation sites (N-methyl/N-ethyl adjacent to an activating group) is 1. The summed E-state index contributed by atoms with van der Waals surface area (Å²) in [5.74, 6) is -1.57. The van der Waals surface area contributed by atoms with Crippen LogP contribution in [0.3, 0.4) is 0 Å². The summed E-state index contributed by atoms with van der Waals surface area (Å²) in [5, 5.41) is 12.3. The Hall–Kier alpha value is -1.34. The summed E-state index contributed by atoms with van der Waals surface area (Å²) < 4.78 is 10.6. The lowest BCUT2D eigenvalue weighted by molar-refractivity contribution is -0.142. The molecule has 2 atom stereocenters. The van der Waals surface area contributed by atoms with Gasteiger partial charge < -0.3 is 24.8 Å². The number of carboxylic acid groups (broad SMARTS) is 1. The third kappa shape index (κ3) is 3.65. The highest BCUT2D eigenvalue weighted by Crippen LogP contribution is 2.23. The Labute approximate surface area is 124 Å². The highest BCUT2D eigenvalue weighted by molar-refractivity contribution is 5.78. The fourth-order valence-corrected chi connectivity index (χ4v) is 2.89. The van der Waals surface area contributed by atoms with Crippen molar-refractivity contribution in [3.63, 3.8) is 0 Å². The standard InChI is InChI=1S/C14H24N2O5/c1-3-16(11-9-21-8-10(11)12(17)18)13(19)15-14(2)4-6-20-7-5-14/h10-11H,3-9H2,1-2H3,(H,15,19)(H,17,18). The minimum absolute atomic E-state index is 0.162. The topological polar surface area (TPSA) is 88.1 Å². The zero-order valence-corrected chi connectivity index (χ0v) is 12.6. The SMILES string of the molecule is CCN(C(=O)NC1(C)CCOCC1)C1COCC1C(=O)O. The van der Waals surface area contributed by atoms with E-state index in [4.69, 9.17) is 9.47 Å². The first-order valence-corrected chi connectivity index (χ1v) is 7.44. The summed E-state index contributed by atoms with van der Waals surface area (Å²) in [4.78, 5) is 25.4. The molecule has 2 N–H and O–H groups in total. The Morgan fingerprint density at radius 1 is 1.29 bits per heavy atom. The summed E-state index contributed by atoms with van der Waals surface area (Å²) in [7, 11) is 0. The summed E-state index contributed by atoms with van der Waals surface area (Å²) in [6.07, 6.45) is 1.53. The van der Waals surface area contributed by atoms with E-state index in [0.29, 0.717) is 19.8 Å². The van der Waals surface area contributed by atoms with Gasteiger partial charge in [0.2, 0.25) is 0 Å². The molecule has 7 heteroatoms. The molecule has 0 aliphatic carbocycles. The Kier molecular flexibility index (Phi) is 5.05. The third-order valence-corrected chi connectivity index (χ3v) is 4.37. The van der Waals surface area contributed by atoms with Gasteiger partial charge in [-0.05, 0) is 26.7 Å². The fourth-order valence-electron chi connectivity index (χ4n) is 2.89. The monoisotopic (exact) mass is 300 g/mol. The van der Waals surface area contributed by atoms with Gasteiger partial charge in [0.1, 0.15) is 5.92 Å². The van der Waals surface area contributed by atoms with Crippen LogP contribution < -0.4 is 5.32 Å². The van der Waals surface area contributed by atoms with E-state index in [9.17, 15) is 14.7 Å². The first kappa shape index (κ1) is 16.0. The molecular formula is C14H24N2O5. The number of carbonyl (C=O) groups is 2. The second-order valence-corrected chi connectivity index (χ2v) is 5.94. The van der Waals surface area contributed by atoms with Crippen molar-refractivity contribution < 1.29 is 24.2 Å². The Balaban J connectivity index is 2.02. The third-order valence-electron chi connectivity index (χ3n) is 4.37. The molecule has 2 aliphatic rings. The zero-order chi connectivity index (χ0) is 15.5. The number of nitrogens with one attached hydrogen (secondary N) is 1. The normalized spacial score (nSPS) is 28.1. The molecule has 7 nitrogen and oxygen atoms in total. The summed E-state index contributed by atoms with van der Waals surface area (Å²) in [6, 6.07) is -0.625. The summed E-state index contributed by atoms with van der Waals surface area (Å²) in [6.45, 7) is 6.01. The van der Waals surface area contributed by atoms with Crippen molar-refractivity contribution in [3.8, 4) is 0 Å². The van der Waals surface area contributed by atoms with Gasteiger partial charge in [-0.1, -0.05) is 0 Å². The molecule has 2 amide bonds. The Morgan fingerprint density at radius 2 is 1.95 bits per heavy atom. The highest BCUT2D eigenvalue weighted by atomic mass is 16.5. The van der Waals surface area contributed by atoms with Crippen LogP contribution in [0.5, 0.6) is 0 Å². The van der Waals surface area contributed by atoms with Gasteiger partial charge >= 0.3 is 12.0 Å². The van der Waals surface area contributed by atoms with Gasteiger partial charge in [-0.25, -0.2) is 4.79 Å². The van der Waals surface area contributed by atoms with E-state index < -0.39 is 17.9 Å². The first-order valence-electron chi connectivity index (χ1n) is 7.44.